The van der Waals surface area contributed by atoms with Gasteiger partial charge in [0, 0.05) is 57.4 Å². The first kappa shape index (κ1) is 16.8. The zero-order valence-electron chi connectivity index (χ0n) is 13.9. The number of hydrogen-bond acceptors (Lipinski definition) is 4. The molecule has 1 fully saturated rings. The summed E-state index contributed by atoms with van der Waals surface area (Å²) in [5, 5.41) is 0.690. The smallest absolute Gasteiger partial charge is 0.319 e. The summed E-state index contributed by atoms with van der Waals surface area (Å²) >= 11 is 5.90. The third-order valence-electron chi connectivity index (χ3n) is 4.05. The molecule has 6 nitrogen and oxygen atoms in total. The van der Waals surface area contributed by atoms with Gasteiger partial charge in [-0.2, -0.15) is 0 Å². The van der Waals surface area contributed by atoms with E-state index in [1.165, 1.54) is 0 Å². The van der Waals surface area contributed by atoms with Crippen molar-refractivity contribution in [1.29, 1.82) is 0 Å². The Bertz CT molecular complexity index is 691. The first-order valence-corrected chi connectivity index (χ1v) is 8.29. The van der Waals surface area contributed by atoms with Crippen molar-refractivity contribution in [3.05, 3.63) is 41.2 Å². The third-order valence-corrected chi connectivity index (χ3v) is 4.31. The lowest BCUT2D eigenvalue weighted by Crippen LogP contribution is -2.51. The highest BCUT2D eigenvalue weighted by atomic mass is 35.5. The van der Waals surface area contributed by atoms with E-state index in [0.717, 1.165) is 44.0 Å². The third kappa shape index (κ3) is 3.88. The van der Waals surface area contributed by atoms with Crippen molar-refractivity contribution in [2.45, 2.75) is 6.54 Å². The van der Waals surface area contributed by atoms with Crippen LogP contribution in [0.3, 0.4) is 0 Å². The predicted octanol–water partition coefficient (Wildman–Crippen LogP) is 2.79. The van der Waals surface area contributed by atoms with E-state index < -0.39 is 0 Å². The molecule has 2 aromatic rings. The van der Waals surface area contributed by atoms with E-state index in [4.69, 9.17) is 16.0 Å². The van der Waals surface area contributed by atoms with Gasteiger partial charge >= 0.3 is 6.03 Å². The molecule has 1 aromatic heterocycles. The van der Waals surface area contributed by atoms with Crippen LogP contribution in [0.4, 0.5) is 4.79 Å². The van der Waals surface area contributed by atoms with Crippen LogP contribution in [0.15, 0.2) is 34.9 Å². The maximum absolute atomic E-state index is 11.9. The Hall–Kier alpha value is -2.05. The van der Waals surface area contributed by atoms with E-state index in [9.17, 15) is 4.79 Å². The van der Waals surface area contributed by atoms with E-state index >= 15 is 0 Å². The summed E-state index contributed by atoms with van der Waals surface area (Å²) in [5.41, 5.74) is 1.80. The van der Waals surface area contributed by atoms with Gasteiger partial charge in [-0.1, -0.05) is 11.6 Å². The van der Waals surface area contributed by atoms with Crippen molar-refractivity contribution < 1.29 is 9.21 Å². The van der Waals surface area contributed by atoms with Crippen LogP contribution in [0.25, 0.3) is 11.5 Å². The number of piperazine rings is 1. The van der Waals surface area contributed by atoms with Gasteiger partial charge in [-0.05, 0) is 24.3 Å². The molecule has 1 saturated heterocycles. The van der Waals surface area contributed by atoms with Gasteiger partial charge in [-0.15, -0.1) is 0 Å². The normalized spacial score (nSPS) is 15.5. The second-order valence-electron chi connectivity index (χ2n) is 6.09. The van der Waals surface area contributed by atoms with E-state index in [1.54, 1.807) is 25.3 Å². The number of carbonyl (C=O) groups is 1. The largest absolute Gasteiger partial charge is 0.444 e. The number of benzene rings is 1. The Morgan fingerprint density at radius 2 is 1.88 bits per heavy atom. The molecule has 128 valence electrons. The number of halogens is 1. The second kappa shape index (κ2) is 7.23. The molecule has 1 aliphatic heterocycles. The fraction of sp³-hybridized carbons (Fsp3) is 0.412. The quantitative estimate of drug-likeness (QED) is 0.856. The zero-order chi connectivity index (χ0) is 17.1. The number of amides is 2. The van der Waals surface area contributed by atoms with Gasteiger partial charge in [-0.25, -0.2) is 9.78 Å². The summed E-state index contributed by atoms with van der Waals surface area (Å²) in [7, 11) is 3.56. The highest BCUT2D eigenvalue weighted by Crippen LogP contribution is 2.21. The minimum Gasteiger partial charge on any atom is -0.444 e. The topological polar surface area (TPSA) is 52.8 Å². The summed E-state index contributed by atoms with van der Waals surface area (Å²) in [6, 6.07) is 7.50. The number of rotatable bonds is 3. The van der Waals surface area contributed by atoms with Crippen LogP contribution in [0, 0.1) is 0 Å². The monoisotopic (exact) mass is 348 g/mol. The van der Waals surface area contributed by atoms with Crippen molar-refractivity contribution in [2.24, 2.45) is 0 Å². The summed E-state index contributed by atoms with van der Waals surface area (Å²) < 4.78 is 5.57. The Morgan fingerprint density at radius 3 is 2.50 bits per heavy atom. The summed E-state index contributed by atoms with van der Waals surface area (Å²) in [6.45, 7) is 3.87. The number of urea groups is 1. The Morgan fingerprint density at radius 1 is 1.21 bits per heavy atom. The van der Waals surface area contributed by atoms with E-state index in [2.05, 4.69) is 9.88 Å². The minimum absolute atomic E-state index is 0.0705. The molecular formula is C17H21ClN4O2. The van der Waals surface area contributed by atoms with Crippen LogP contribution < -0.4 is 0 Å². The van der Waals surface area contributed by atoms with Crippen molar-refractivity contribution in [3.8, 4) is 11.5 Å². The van der Waals surface area contributed by atoms with Gasteiger partial charge in [0.15, 0.2) is 0 Å². The molecule has 0 unspecified atom stereocenters. The van der Waals surface area contributed by atoms with Crippen LogP contribution >= 0.6 is 11.6 Å². The van der Waals surface area contributed by atoms with Gasteiger partial charge in [-0.3, -0.25) is 4.90 Å². The van der Waals surface area contributed by atoms with Crippen molar-refractivity contribution in [1.82, 2.24) is 19.7 Å². The Labute approximate surface area is 146 Å². The van der Waals surface area contributed by atoms with Crippen molar-refractivity contribution >= 4 is 17.6 Å². The van der Waals surface area contributed by atoms with Crippen LogP contribution in [0.2, 0.25) is 5.02 Å². The lowest BCUT2D eigenvalue weighted by Gasteiger charge is -2.35. The summed E-state index contributed by atoms with van der Waals surface area (Å²) in [6.07, 6.45) is 1.70. The van der Waals surface area contributed by atoms with Crippen LogP contribution in [-0.4, -0.2) is 66.0 Å². The first-order chi connectivity index (χ1) is 11.5. The Balaban J connectivity index is 1.56. The molecule has 0 bridgehead atoms. The average Bonchev–Trinajstić information content (AvgIpc) is 3.04. The number of nitrogens with zero attached hydrogens (tertiary/aromatic N) is 4. The lowest BCUT2D eigenvalue weighted by molar-refractivity contribution is 0.119. The molecule has 0 saturated carbocycles. The minimum atomic E-state index is 0.0705. The predicted molar refractivity (Wildman–Crippen MR) is 92.9 cm³/mol. The fourth-order valence-electron chi connectivity index (χ4n) is 2.71. The van der Waals surface area contributed by atoms with Gasteiger partial charge in [0.1, 0.15) is 6.26 Å². The van der Waals surface area contributed by atoms with Crippen LogP contribution in [-0.2, 0) is 6.54 Å². The SMILES string of the molecule is CN(C)C(=O)N1CCN(Cc2coc(-c3ccc(Cl)cc3)n2)CC1. The molecule has 2 amide bonds. The standard InChI is InChI=1S/C17H21ClN4O2/c1-20(2)17(23)22-9-7-21(8-10-22)11-15-12-24-16(19-15)13-3-5-14(18)6-4-13/h3-6,12H,7-11H2,1-2H3. The molecule has 7 heteroatoms. The average molecular weight is 349 g/mol. The molecule has 0 atom stereocenters. The Kier molecular flexibility index (Phi) is 5.06. The van der Waals surface area contributed by atoms with E-state index in [0.29, 0.717) is 10.9 Å². The summed E-state index contributed by atoms with van der Waals surface area (Å²) in [4.78, 5) is 22.3. The van der Waals surface area contributed by atoms with Gasteiger partial charge < -0.3 is 14.2 Å². The maximum Gasteiger partial charge on any atom is 0.319 e. The number of hydrogen-bond donors (Lipinski definition) is 0. The highest BCUT2D eigenvalue weighted by molar-refractivity contribution is 6.30. The first-order valence-electron chi connectivity index (χ1n) is 7.92. The molecule has 1 aliphatic rings. The van der Waals surface area contributed by atoms with Crippen molar-refractivity contribution in [3.63, 3.8) is 0 Å². The second-order valence-corrected chi connectivity index (χ2v) is 6.53. The molecule has 24 heavy (non-hydrogen) atoms. The molecular weight excluding hydrogens is 328 g/mol. The van der Waals surface area contributed by atoms with Gasteiger partial charge in [0.25, 0.3) is 0 Å². The van der Waals surface area contributed by atoms with Gasteiger partial charge in [0.05, 0.1) is 5.69 Å². The lowest BCUT2D eigenvalue weighted by atomic mass is 10.2. The van der Waals surface area contributed by atoms with Gasteiger partial charge in [0.2, 0.25) is 5.89 Å². The fourth-order valence-corrected chi connectivity index (χ4v) is 2.84. The van der Waals surface area contributed by atoms with Crippen molar-refractivity contribution in [2.75, 3.05) is 40.3 Å². The molecule has 2 heterocycles. The molecule has 0 aliphatic carbocycles. The molecule has 0 spiro atoms. The number of carbonyl (C=O) groups excluding carboxylic acids is 1. The zero-order valence-corrected chi connectivity index (χ0v) is 14.7. The highest BCUT2D eigenvalue weighted by Gasteiger charge is 2.22. The number of oxazole rings is 1. The van der Waals surface area contributed by atoms with E-state index in [-0.39, 0.29) is 6.03 Å². The van der Waals surface area contributed by atoms with Crippen LogP contribution in [0.5, 0.6) is 0 Å². The van der Waals surface area contributed by atoms with E-state index in [1.807, 2.05) is 29.2 Å². The maximum atomic E-state index is 11.9. The number of aromatic nitrogens is 1. The van der Waals surface area contributed by atoms with Crippen LogP contribution in [0.1, 0.15) is 5.69 Å². The molecule has 3 rings (SSSR count). The summed E-state index contributed by atoms with van der Waals surface area (Å²) in [5.74, 6) is 0.600. The molecule has 0 radical (unpaired) electrons. The molecule has 0 N–H and O–H groups in total. The molecule has 1 aromatic carbocycles.